The van der Waals surface area contributed by atoms with Crippen molar-refractivity contribution in [3.8, 4) is 11.5 Å². The fourth-order valence-electron chi connectivity index (χ4n) is 2.28. The molecule has 0 unspecified atom stereocenters. The Morgan fingerprint density at radius 2 is 1.54 bits per heavy atom. The van der Waals surface area contributed by atoms with Crippen LogP contribution in [-0.2, 0) is 0 Å². The van der Waals surface area contributed by atoms with Crippen molar-refractivity contribution >= 4 is 46.2 Å². The third-order valence-corrected chi connectivity index (χ3v) is 4.09. The van der Waals surface area contributed by atoms with Gasteiger partial charge in [0.15, 0.2) is 0 Å². The molecule has 2 aromatic carbocycles. The minimum atomic E-state index is 0.539. The molecular formula is C18H16Cl2N4O2. The molecule has 2 N–H and O–H groups in total. The van der Waals surface area contributed by atoms with Crippen molar-refractivity contribution in [1.82, 2.24) is 9.97 Å². The summed E-state index contributed by atoms with van der Waals surface area (Å²) < 4.78 is 10.6. The highest BCUT2D eigenvalue weighted by molar-refractivity contribution is 6.35. The molecule has 3 rings (SSSR count). The first-order chi connectivity index (χ1) is 12.6. The van der Waals surface area contributed by atoms with E-state index in [1.165, 1.54) is 6.33 Å². The van der Waals surface area contributed by atoms with Gasteiger partial charge in [-0.15, -0.1) is 0 Å². The molecule has 0 bridgehead atoms. The molecule has 3 aromatic rings. The Hall–Kier alpha value is -2.70. The number of aromatic nitrogens is 2. The van der Waals surface area contributed by atoms with Crippen LogP contribution in [0.1, 0.15) is 0 Å². The molecule has 0 spiro atoms. The average Bonchev–Trinajstić information content (AvgIpc) is 2.65. The molecule has 134 valence electrons. The normalized spacial score (nSPS) is 10.3. The smallest absolute Gasteiger partial charge is 0.142 e. The van der Waals surface area contributed by atoms with E-state index in [1.54, 1.807) is 38.5 Å². The van der Waals surface area contributed by atoms with Gasteiger partial charge in [0, 0.05) is 17.2 Å². The molecule has 0 saturated heterocycles. The third-order valence-electron chi connectivity index (χ3n) is 3.53. The van der Waals surface area contributed by atoms with Crippen LogP contribution in [0.4, 0.5) is 23.0 Å². The Balaban J connectivity index is 1.85. The number of rotatable bonds is 6. The van der Waals surface area contributed by atoms with Crippen molar-refractivity contribution in [1.29, 1.82) is 0 Å². The van der Waals surface area contributed by atoms with Gasteiger partial charge in [-0.2, -0.15) is 0 Å². The van der Waals surface area contributed by atoms with Gasteiger partial charge in [-0.25, -0.2) is 9.97 Å². The Labute approximate surface area is 161 Å². The molecule has 8 heteroatoms. The van der Waals surface area contributed by atoms with E-state index in [9.17, 15) is 0 Å². The molecule has 0 aliphatic heterocycles. The van der Waals surface area contributed by atoms with Crippen LogP contribution in [0.3, 0.4) is 0 Å². The lowest BCUT2D eigenvalue weighted by Crippen LogP contribution is -2.00. The van der Waals surface area contributed by atoms with E-state index in [2.05, 4.69) is 20.6 Å². The van der Waals surface area contributed by atoms with Crippen LogP contribution in [0.25, 0.3) is 0 Å². The minimum Gasteiger partial charge on any atom is -0.497 e. The van der Waals surface area contributed by atoms with Crippen LogP contribution in [0, 0.1) is 0 Å². The average molecular weight is 391 g/mol. The van der Waals surface area contributed by atoms with Crippen LogP contribution in [0.5, 0.6) is 11.5 Å². The topological polar surface area (TPSA) is 68.3 Å². The maximum atomic E-state index is 6.18. The molecule has 0 amide bonds. The maximum absolute atomic E-state index is 6.18. The summed E-state index contributed by atoms with van der Waals surface area (Å²) in [5.74, 6) is 2.50. The number of hydrogen-bond donors (Lipinski definition) is 2. The summed E-state index contributed by atoms with van der Waals surface area (Å²) in [4.78, 5) is 8.43. The fraction of sp³-hybridized carbons (Fsp3) is 0.111. The van der Waals surface area contributed by atoms with Gasteiger partial charge in [0.1, 0.15) is 29.5 Å². The molecule has 1 heterocycles. The molecule has 0 atom stereocenters. The first kappa shape index (κ1) is 18.1. The van der Waals surface area contributed by atoms with Crippen molar-refractivity contribution in [2.24, 2.45) is 0 Å². The van der Waals surface area contributed by atoms with Gasteiger partial charge in [-0.05, 0) is 30.3 Å². The van der Waals surface area contributed by atoms with Gasteiger partial charge in [-0.1, -0.05) is 23.2 Å². The standard InChI is InChI=1S/C18H16Cl2N4O2/c1-25-12-4-6-16(26-2)15(8-12)24-18-9-17(21-10-22-18)23-14-7-11(19)3-5-13(14)20/h3-10H,1-2H3,(H2,21,22,23,24). The van der Waals surface area contributed by atoms with E-state index in [0.29, 0.717) is 38.9 Å². The predicted octanol–water partition coefficient (Wildman–Crippen LogP) is 5.29. The van der Waals surface area contributed by atoms with Crippen molar-refractivity contribution in [2.75, 3.05) is 24.9 Å². The number of benzene rings is 2. The van der Waals surface area contributed by atoms with Gasteiger partial charge in [0.25, 0.3) is 0 Å². The Morgan fingerprint density at radius 3 is 2.23 bits per heavy atom. The Bertz CT molecular complexity index is 921. The lowest BCUT2D eigenvalue weighted by molar-refractivity contribution is 0.405. The molecular weight excluding hydrogens is 375 g/mol. The summed E-state index contributed by atoms with van der Waals surface area (Å²) in [6, 6.07) is 12.4. The highest BCUT2D eigenvalue weighted by atomic mass is 35.5. The second-order valence-corrected chi connectivity index (χ2v) is 6.07. The van der Waals surface area contributed by atoms with Crippen molar-refractivity contribution < 1.29 is 9.47 Å². The fourth-order valence-corrected chi connectivity index (χ4v) is 2.61. The minimum absolute atomic E-state index is 0.539. The lowest BCUT2D eigenvalue weighted by atomic mass is 10.2. The third kappa shape index (κ3) is 4.28. The number of methoxy groups -OCH3 is 2. The first-order valence-corrected chi connectivity index (χ1v) is 8.38. The summed E-state index contributed by atoms with van der Waals surface area (Å²) in [7, 11) is 3.20. The van der Waals surface area contributed by atoms with Gasteiger partial charge < -0.3 is 20.1 Å². The molecule has 26 heavy (non-hydrogen) atoms. The van der Waals surface area contributed by atoms with E-state index in [1.807, 2.05) is 18.2 Å². The highest BCUT2D eigenvalue weighted by Gasteiger charge is 2.08. The van der Waals surface area contributed by atoms with E-state index >= 15 is 0 Å². The number of nitrogens with one attached hydrogen (secondary N) is 2. The number of hydrogen-bond acceptors (Lipinski definition) is 6. The largest absolute Gasteiger partial charge is 0.497 e. The molecule has 0 saturated carbocycles. The SMILES string of the molecule is COc1ccc(OC)c(Nc2cc(Nc3cc(Cl)ccc3Cl)ncn2)c1. The van der Waals surface area contributed by atoms with Gasteiger partial charge in [0.2, 0.25) is 0 Å². The highest BCUT2D eigenvalue weighted by Crippen LogP contribution is 2.32. The first-order valence-electron chi connectivity index (χ1n) is 7.62. The quantitative estimate of drug-likeness (QED) is 0.595. The summed E-state index contributed by atoms with van der Waals surface area (Å²) in [5, 5.41) is 7.44. The summed E-state index contributed by atoms with van der Waals surface area (Å²) in [6.07, 6.45) is 1.44. The van der Waals surface area contributed by atoms with Crippen LogP contribution >= 0.6 is 23.2 Å². The van der Waals surface area contributed by atoms with Gasteiger partial charge in [-0.3, -0.25) is 0 Å². The van der Waals surface area contributed by atoms with E-state index in [4.69, 9.17) is 32.7 Å². The lowest BCUT2D eigenvalue weighted by Gasteiger charge is -2.13. The zero-order valence-corrected chi connectivity index (χ0v) is 15.6. The monoisotopic (exact) mass is 390 g/mol. The Morgan fingerprint density at radius 1 is 0.808 bits per heavy atom. The van der Waals surface area contributed by atoms with Crippen molar-refractivity contribution in [2.45, 2.75) is 0 Å². The maximum Gasteiger partial charge on any atom is 0.142 e. The van der Waals surface area contributed by atoms with Gasteiger partial charge in [0.05, 0.1) is 30.6 Å². The predicted molar refractivity (Wildman–Crippen MR) is 105 cm³/mol. The van der Waals surface area contributed by atoms with Crippen LogP contribution < -0.4 is 20.1 Å². The molecule has 6 nitrogen and oxygen atoms in total. The molecule has 0 radical (unpaired) electrons. The van der Waals surface area contributed by atoms with Crippen LogP contribution in [0.15, 0.2) is 48.8 Å². The van der Waals surface area contributed by atoms with E-state index < -0.39 is 0 Å². The van der Waals surface area contributed by atoms with Gasteiger partial charge >= 0.3 is 0 Å². The second kappa shape index (κ2) is 8.12. The Kier molecular flexibility index (Phi) is 5.65. The van der Waals surface area contributed by atoms with E-state index in [-0.39, 0.29) is 0 Å². The summed E-state index contributed by atoms with van der Waals surface area (Å²) in [6.45, 7) is 0. The summed E-state index contributed by atoms with van der Waals surface area (Å²) in [5.41, 5.74) is 1.38. The number of ether oxygens (including phenoxy) is 2. The number of halogens is 2. The second-order valence-electron chi connectivity index (χ2n) is 5.23. The van der Waals surface area contributed by atoms with Crippen molar-refractivity contribution in [3.05, 3.63) is 58.8 Å². The molecule has 1 aromatic heterocycles. The molecule has 0 aliphatic carbocycles. The number of nitrogens with zero attached hydrogens (tertiary/aromatic N) is 2. The zero-order valence-electron chi connectivity index (χ0n) is 14.1. The molecule has 0 fully saturated rings. The van der Waals surface area contributed by atoms with E-state index in [0.717, 1.165) is 5.69 Å². The number of anilines is 4. The molecule has 0 aliphatic rings. The van der Waals surface area contributed by atoms with Crippen LogP contribution in [0.2, 0.25) is 10.0 Å². The van der Waals surface area contributed by atoms with Crippen LogP contribution in [-0.4, -0.2) is 24.2 Å². The van der Waals surface area contributed by atoms with Crippen molar-refractivity contribution in [3.63, 3.8) is 0 Å². The summed E-state index contributed by atoms with van der Waals surface area (Å²) >= 11 is 12.2. The zero-order chi connectivity index (χ0) is 18.5.